The zero-order chi connectivity index (χ0) is 20.1. The summed E-state index contributed by atoms with van der Waals surface area (Å²) in [5.74, 6) is 1.60. The highest BCUT2D eigenvalue weighted by molar-refractivity contribution is 5.79. The van der Waals surface area contributed by atoms with Gasteiger partial charge in [0.2, 0.25) is 5.91 Å². The first-order chi connectivity index (χ1) is 13.5. The second kappa shape index (κ2) is 9.55. The van der Waals surface area contributed by atoms with Gasteiger partial charge in [-0.05, 0) is 58.2 Å². The minimum absolute atomic E-state index is 0.128. The third kappa shape index (κ3) is 4.57. The van der Waals surface area contributed by atoms with Crippen molar-refractivity contribution in [2.24, 2.45) is 5.92 Å². The lowest BCUT2D eigenvalue weighted by molar-refractivity contribution is -0.137. The van der Waals surface area contributed by atoms with Crippen LogP contribution in [0.3, 0.4) is 0 Å². The predicted octanol–water partition coefficient (Wildman–Crippen LogP) is 4.48. The molecule has 1 aliphatic rings. The first-order valence-corrected chi connectivity index (χ1v) is 11.0. The van der Waals surface area contributed by atoms with Crippen molar-refractivity contribution in [1.82, 2.24) is 19.4 Å². The third-order valence-electron chi connectivity index (χ3n) is 5.70. The summed E-state index contributed by atoms with van der Waals surface area (Å²) in [4.78, 5) is 22.5. The van der Waals surface area contributed by atoms with Crippen LogP contribution in [0.1, 0.15) is 65.2 Å². The van der Waals surface area contributed by atoms with E-state index in [4.69, 9.17) is 4.98 Å². The molecule has 154 valence electrons. The molecular weight excluding hydrogens is 348 g/mol. The molecule has 1 amide bonds. The smallest absolute Gasteiger partial charge is 0.226 e. The fourth-order valence-corrected chi connectivity index (χ4v) is 4.51. The molecule has 2 heterocycles. The molecule has 5 heteroatoms. The number of rotatable bonds is 8. The van der Waals surface area contributed by atoms with Gasteiger partial charge in [-0.25, -0.2) is 4.98 Å². The molecule has 5 nitrogen and oxygen atoms in total. The van der Waals surface area contributed by atoms with E-state index in [1.54, 1.807) is 0 Å². The number of benzene rings is 1. The summed E-state index contributed by atoms with van der Waals surface area (Å²) in [6.07, 6.45) is 4.16. The quantitative estimate of drug-likeness (QED) is 0.674. The minimum atomic E-state index is 0.128. The Kier molecular flexibility index (Phi) is 7.11. The fraction of sp³-hybridized carbons (Fsp3) is 0.652. The Balaban J connectivity index is 1.74. The van der Waals surface area contributed by atoms with Gasteiger partial charge in [-0.3, -0.25) is 9.69 Å². The Morgan fingerprint density at radius 2 is 1.93 bits per heavy atom. The summed E-state index contributed by atoms with van der Waals surface area (Å²) in [6, 6.07) is 8.75. The van der Waals surface area contributed by atoms with E-state index in [0.29, 0.717) is 11.9 Å². The van der Waals surface area contributed by atoms with Crippen molar-refractivity contribution in [3.05, 3.63) is 30.1 Å². The summed E-state index contributed by atoms with van der Waals surface area (Å²) in [5, 5.41) is 0. The van der Waals surface area contributed by atoms with E-state index in [2.05, 4.69) is 66.3 Å². The van der Waals surface area contributed by atoms with Crippen LogP contribution in [0.5, 0.6) is 0 Å². The van der Waals surface area contributed by atoms with Crippen molar-refractivity contribution >= 4 is 16.9 Å². The van der Waals surface area contributed by atoms with Crippen molar-refractivity contribution in [2.45, 2.75) is 66.0 Å². The minimum Gasteiger partial charge on any atom is -0.342 e. The summed E-state index contributed by atoms with van der Waals surface area (Å²) >= 11 is 0. The number of imidazole rings is 1. The molecular formula is C23H36N4O. The van der Waals surface area contributed by atoms with Crippen LogP contribution in [-0.4, -0.2) is 51.4 Å². The molecule has 1 saturated heterocycles. The first kappa shape index (κ1) is 20.8. The molecule has 1 atom stereocenters. The van der Waals surface area contributed by atoms with Gasteiger partial charge in [0.1, 0.15) is 5.82 Å². The lowest BCUT2D eigenvalue weighted by atomic mass is 9.96. The van der Waals surface area contributed by atoms with E-state index < -0.39 is 0 Å². The van der Waals surface area contributed by atoms with E-state index >= 15 is 0 Å². The topological polar surface area (TPSA) is 41.4 Å². The molecule has 1 aromatic carbocycles. The molecule has 0 radical (unpaired) electrons. The summed E-state index contributed by atoms with van der Waals surface area (Å²) < 4.78 is 2.35. The maximum absolute atomic E-state index is 13.1. The van der Waals surface area contributed by atoms with Crippen LogP contribution < -0.4 is 0 Å². The summed E-state index contributed by atoms with van der Waals surface area (Å²) in [6.45, 7) is 13.2. The Hall–Kier alpha value is -1.88. The highest BCUT2D eigenvalue weighted by atomic mass is 16.2. The van der Waals surface area contributed by atoms with Gasteiger partial charge in [0.05, 0.1) is 23.5 Å². The number of amides is 1. The number of fused-ring (bicyclic) bond motifs is 1. The van der Waals surface area contributed by atoms with Gasteiger partial charge in [0.25, 0.3) is 0 Å². The number of carbonyl (C=O) groups excluding carboxylic acids is 1. The Morgan fingerprint density at radius 1 is 1.21 bits per heavy atom. The van der Waals surface area contributed by atoms with Gasteiger partial charge in [-0.2, -0.15) is 0 Å². The van der Waals surface area contributed by atoms with Crippen molar-refractivity contribution < 1.29 is 4.79 Å². The van der Waals surface area contributed by atoms with Crippen LogP contribution in [0.4, 0.5) is 0 Å². The number of piperidine rings is 1. The molecule has 1 aliphatic heterocycles. The van der Waals surface area contributed by atoms with Crippen LogP contribution >= 0.6 is 0 Å². The molecule has 0 N–H and O–H groups in total. The second-order valence-electron chi connectivity index (χ2n) is 8.38. The Morgan fingerprint density at radius 3 is 2.61 bits per heavy atom. The van der Waals surface area contributed by atoms with Gasteiger partial charge in [-0.1, -0.05) is 26.0 Å². The van der Waals surface area contributed by atoms with Crippen molar-refractivity contribution in [2.75, 3.05) is 26.2 Å². The van der Waals surface area contributed by atoms with Gasteiger partial charge in [-0.15, -0.1) is 0 Å². The van der Waals surface area contributed by atoms with Crippen LogP contribution in [0, 0.1) is 5.92 Å². The van der Waals surface area contributed by atoms with Crippen LogP contribution in [0.25, 0.3) is 11.0 Å². The van der Waals surface area contributed by atoms with Crippen molar-refractivity contribution in [3.63, 3.8) is 0 Å². The molecule has 1 aromatic heterocycles. The number of aromatic nitrogens is 2. The SMILES string of the molecule is CCCN(CCC)C(=O)[C@@H]1CCCN(Cc2nc3ccccc3n2C(C)C)C1. The zero-order valence-corrected chi connectivity index (χ0v) is 18.0. The maximum atomic E-state index is 13.1. The normalized spacial score (nSPS) is 18.1. The highest BCUT2D eigenvalue weighted by Crippen LogP contribution is 2.25. The number of hydrogen-bond donors (Lipinski definition) is 0. The fourth-order valence-electron chi connectivity index (χ4n) is 4.51. The van der Waals surface area contributed by atoms with Crippen LogP contribution in [0.15, 0.2) is 24.3 Å². The number of nitrogens with zero attached hydrogens (tertiary/aromatic N) is 4. The van der Waals surface area contributed by atoms with E-state index in [-0.39, 0.29) is 5.92 Å². The standard InChI is InChI=1S/C23H36N4O/c1-5-13-26(14-6-2)23(28)19-10-9-15-25(16-19)17-22-24-20-11-7-8-12-21(20)27(22)18(3)4/h7-8,11-12,18-19H,5-6,9-10,13-17H2,1-4H3/t19-/m1/s1. The summed E-state index contributed by atoms with van der Waals surface area (Å²) in [5.41, 5.74) is 2.27. The predicted molar refractivity (Wildman–Crippen MR) is 115 cm³/mol. The molecule has 0 saturated carbocycles. The van der Waals surface area contributed by atoms with Crippen molar-refractivity contribution in [3.8, 4) is 0 Å². The highest BCUT2D eigenvalue weighted by Gasteiger charge is 2.29. The second-order valence-corrected chi connectivity index (χ2v) is 8.38. The van der Waals surface area contributed by atoms with Gasteiger partial charge in [0.15, 0.2) is 0 Å². The van der Waals surface area contributed by atoms with E-state index in [0.717, 1.165) is 69.7 Å². The molecule has 0 spiro atoms. The lowest BCUT2D eigenvalue weighted by Gasteiger charge is -2.35. The number of hydrogen-bond acceptors (Lipinski definition) is 3. The number of carbonyl (C=O) groups is 1. The molecule has 0 aliphatic carbocycles. The van der Waals surface area contributed by atoms with Gasteiger partial charge < -0.3 is 9.47 Å². The molecule has 0 unspecified atom stereocenters. The number of likely N-dealkylation sites (tertiary alicyclic amines) is 1. The number of para-hydroxylation sites is 2. The van der Waals surface area contributed by atoms with E-state index in [9.17, 15) is 4.79 Å². The van der Waals surface area contributed by atoms with Crippen molar-refractivity contribution in [1.29, 1.82) is 0 Å². The first-order valence-electron chi connectivity index (χ1n) is 11.0. The molecule has 28 heavy (non-hydrogen) atoms. The van der Waals surface area contributed by atoms with Crippen LogP contribution in [-0.2, 0) is 11.3 Å². The maximum Gasteiger partial charge on any atom is 0.226 e. The van der Waals surface area contributed by atoms with Gasteiger partial charge in [0, 0.05) is 25.7 Å². The van der Waals surface area contributed by atoms with E-state index in [1.165, 1.54) is 5.52 Å². The van der Waals surface area contributed by atoms with Gasteiger partial charge >= 0.3 is 0 Å². The monoisotopic (exact) mass is 384 g/mol. The third-order valence-corrected chi connectivity index (χ3v) is 5.70. The largest absolute Gasteiger partial charge is 0.342 e. The summed E-state index contributed by atoms with van der Waals surface area (Å²) in [7, 11) is 0. The molecule has 0 bridgehead atoms. The molecule has 2 aromatic rings. The average molecular weight is 385 g/mol. The Bertz CT molecular complexity index is 776. The Labute approximate surface area is 169 Å². The molecule has 1 fully saturated rings. The molecule has 3 rings (SSSR count). The average Bonchev–Trinajstić information content (AvgIpc) is 3.05. The van der Waals surface area contributed by atoms with Crippen LogP contribution in [0.2, 0.25) is 0 Å². The van der Waals surface area contributed by atoms with E-state index in [1.807, 2.05) is 0 Å². The lowest BCUT2D eigenvalue weighted by Crippen LogP contribution is -2.45. The zero-order valence-electron chi connectivity index (χ0n) is 18.0.